The molecule has 10 heteroatoms. The second-order valence-corrected chi connectivity index (χ2v) is 9.93. The molecule has 0 amide bonds. The molecule has 1 aliphatic rings. The van der Waals surface area contributed by atoms with E-state index in [1.54, 1.807) is 17.8 Å². The monoisotopic (exact) mass is 405 g/mol. The van der Waals surface area contributed by atoms with E-state index in [4.69, 9.17) is 0 Å². The average molecular weight is 406 g/mol. The Morgan fingerprint density at radius 3 is 2.04 bits per heavy atom. The summed E-state index contributed by atoms with van der Waals surface area (Å²) in [5.74, 6) is 5.11. The van der Waals surface area contributed by atoms with Gasteiger partial charge in [-0.25, -0.2) is 29.4 Å². The van der Waals surface area contributed by atoms with Gasteiger partial charge in [0.2, 0.25) is 18.2 Å². The molecule has 0 radical (unpaired) electrons. The number of rotatable bonds is 12. The summed E-state index contributed by atoms with van der Waals surface area (Å²) < 4.78 is 0. The molecule has 0 bridgehead atoms. The summed E-state index contributed by atoms with van der Waals surface area (Å²) >= 11 is 7.49. The third kappa shape index (κ3) is 10.4. The van der Waals surface area contributed by atoms with Crippen molar-refractivity contribution in [1.82, 2.24) is 0 Å². The predicted molar refractivity (Wildman–Crippen MR) is 105 cm³/mol. The molecule has 2 atom stereocenters. The number of nitrogens with zero attached hydrogens (tertiary/aromatic N) is 3. The first-order chi connectivity index (χ1) is 11.8. The molecular formula is C14H19N3O3S4. The van der Waals surface area contributed by atoms with Crippen LogP contribution in [0.3, 0.4) is 0 Å². The zero-order valence-corrected chi connectivity index (χ0v) is 16.4. The Morgan fingerprint density at radius 1 is 0.917 bits per heavy atom. The Morgan fingerprint density at radius 2 is 1.50 bits per heavy atom. The summed E-state index contributed by atoms with van der Waals surface area (Å²) in [4.78, 5) is 41.2. The number of isocyanates is 3. The lowest BCUT2D eigenvalue weighted by Crippen LogP contribution is -2.26. The first-order valence-corrected chi connectivity index (χ1v) is 11.6. The number of hydrogen-bond acceptors (Lipinski definition) is 10. The van der Waals surface area contributed by atoms with Gasteiger partial charge in [-0.05, 0) is 0 Å². The van der Waals surface area contributed by atoms with E-state index in [1.807, 2.05) is 35.3 Å². The Labute approximate surface area is 158 Å². The third-order valence-electron chi connectivity index (χ3n) is 2.99. The van der Waals surface area contributed by atoms with Gasteiger partial charge < -0.3 is 0 Å². The van der Waals surface area contributed by atoms with Crippen LogP contribution in [0, 0.1) is 0 Å². The van der Waals surface area contributed by atoms with Crippen molar-refractivity contribution < 1.29 is 14.4 Å². The summed E-state index contributed by atoms with van der Waals surface area (Å²) in [7, 11) is 0. The van der Waals surface area contributed by atoms with Gasteiger partial charge in [0.15, 0.2) is 0 Å². The fourth-order valence-electron chi connectivity index (χ4n) is 1.83. The van der Waals surface area contributed by atoms with Gasteiger partial charge in [0.25, 0.3) is 0 Å². The van der Waals surface area contributed by atoms with Crippen molar-refractivity contribution in [2.75, 3.05) is 48.4 Å². The largest absolute Gasteiger partial charge is 0.234 e. The van der Waals surface area contributed by atoms with E-state index in [0.29, 0.717) is 30.1 Å². The van der Waals surface area contributed by atoms with Crippen molar-refractivity contribution in [2.24, 2.45) is 15.0 Å². The van der Waals surface area contributed by atoms with Crippen molar-refractivity contribution in [3.8, 4) is 0 Å². The highest BCUT2D eigenvalue weighted by Gasteiger charge is 2.23. The lowest BCUT2D eigenvalue weighted by atomic mass is 10.4. The molecule has 24 heavy (non-hydrogen) atoms. The molecule has 0 aliphatic carbocycles. The Hall–Kier alpha value is -0.460. The quantitative estimate of drug-likeness (QED) is 0.279. The maximum Gasteiger partial charge on any atom is 0.234 e. The molecule has 0 saturated carbocycles. The van der Waals surface area contributed by atoms with Crippen molar-refractivity contribution in [3.05, 3.63) is 0 Å². The first kappa shape index (κ1) is 21.6. The normalized spacial score (nSPS) is 21.0. The Bertz CT molecular complexity index is 475. The number of hydrogen-bond donors (Lipinski definition) is 0. The van der Waals surface area contributed by atoms with E-state index in [-0.39, 0.29) is 5.25 Å². The van der Waals surface area contributed by atoms with Gasteiger partial charge in [0.1, 0.15) is 0 Å². The molecule has 0 spiro atoms. The zero-order valence-electron chi connectivity index (χ0n) is 13.1. The van der Waals surface area contributed by atoms with E-state index in [9.17, 15) is 14.4 Å². The van der Waals surface area contributed by atoms with Crippen LogP contribution in [0.15, 0.2) is 15.0 Å². The summed E-state index contributed by atoms with van der Waals surface area (Å²) in [5.41, 5.74) is 0. The van der Waals surface area contributed by atoms with Gasteiger partial charge >= 0.3 is 0 Å². The fourth-order valence-corrected chi connectivity index (χ4v) is 7.61. The van der Waals surface area contributed by atoms with Crippen LogP contribution >= 0.6 is 47.0 Å². The highest BCUT2D eigenvalue weighted by Crippen LogP contribution is 2.34. The van der Waals surface area contributed by atoms with Gasteiger partial charge in [-0.15, -0.1) is 0 Å². The molecule has 1 saturated heterocycles. The summed E-state index contributed by atoms with van der Waals surface area (Å²) in [5, 5.41) is 1.23. The average Bonchev–Trinajstić information content (AvgIpc) is 2.62. The zero-order chi connectivity index (χ0) is 17.5. The molecule has 1 fully saturated rings. The standard InChI is InChI=1S/C14H19N3O3S4/c18-9-15-1-2-21-5-13-6-24-14(8-23-13)7-22-12(3-16-10-19)4-17-11-20/h12-14H,1-8H2. The van der Waals surface area contributed by atoms with Crippen LogP contribution in [-0.4, -0.2) is 82.4 Å². The molecular weight excluding hydrogens is 386 g/mol. The van der Waals surface area contributed by atoms with E-state index >= 15 is 0 Å². The van der Waals surface area contributed by atoms with Crippen molar-refractivity contribution in [2.45, 2.75) is 15.7 Å². The second kappa shape index (κ2) is 14.8. The van der Waals surface area contributed by atoms with E-state index < -0.39 is 0 Å². The lowest BCUT2D eigenvalue weighted by Gasteiger charge is -2.28. The van der Waals surface area contributed by atoms with Crippen LogP contribution < -0.4 is 0 Å². The van der Waals surface area contributed by atoms with Gasteiger partial charge in [0, 0.05) is 44.5 Å². The van der Waals surface area contributed by atoms with Crippen LogP contribution in [0.5, 0.6) is 0 Å². The topological polar surface area (TPSA) is 88.3 Å². The summed E-state index contributed by atoms with van der Waals surface area (Å²) in [6.45, 7) is 1.23. The van der Waals surface area contributed by atoms with Crippen molar-refractivity contribution in [1.29, 1.82) is 0 Å². The molecule has 0 aromatic heterocycles. The van der Waals surface area contributed by atoms with Crippen LogP contribution in [0.2, 0.25) is 0 Å². The number of carbonyl (C=O) groups excluding carboxylic acids is 3. The smallest absolute Gasteiger partial charge is 0.211 e. The van der Waals surface area contributed by atoms with Gasteiger partial charge in [-0.1, -0.05) is 0 Å². The van der Waals surface area contributed by atoms with Crippen LogP contribution in [-0.2, 0) is 14.4 Å². The van der Waals surface area contributed by atoms with Gasteiger partial charge in [-0.3, -0.25) is 0 Å². The van der Waals surface area contributed by atoms with Crippen molar-refractivity contribution in [3.63, 3.8) is 0 Å². The summed E-state index contributed by atoms with van der Waals surface area (Å²) in [6, 6.07) is 0. The molecule has 0 N–H and O–H groups in total. The molecule has 1 heterocycles. The Kier molecular flexibility index (Phi) is 13.4. The van der Waals surface area contributed by atoms with Crippen LogP contribution in [0.4, 0.5) is 0 Å². The molecule has 1 rings (SSSR count). The Balaban J connectivity index is 2.20. The number of aliphatic imine (C=N–C) groups is 3. The highest BCUT2D eigenvalue weighted by atomic mass is 32.2. The minimum Gasteiger partial charge on any atom is -0.211 e. The highest BCUT2D eigenvalue weighted by molar-refractivity contribution is 8.09. The van der Waals surface area contributed by atoms with E-state index in [1.165, 1.54) is 12.2 Å². The second-order valence-electron chi connectivity index (χ2n) is 4.78. The molecule has 6 nitrogen and oxygen atoms in total. The molecule has 2 unspecified atom stereocenters. The van der Waals surface area contributed by atoms with Crippen LogP contribution in [0.25, 0.3) is 0 Å². The van der Waals surface area contributed by atoms with E-state index in [2.05, 4.69) is 15.0 Å². The molecule has 0 aromatic carbocycles. The third-order valence-corrected chi connectivity index (χ3v) is 9.10. The predicted octanol–water partition coefficient (Wildman–Crippen LogP) is 2.05. The first-order valence-electron chi connectivity index (χ1n) is 7.33. The number of thioether (sulfide) groups is 4. The van der Waals surface area contributed by atoms with Gasteiger partial charge in [-0.2, -0.15) is 47.0 Å². The van der Waals surface area contributed by atoms with Crippen molar-refractivity contribution >= 4 is 65.3 Å². The van der Waals surface area contributed by atoms with E-state index in [0.717, 1.165) is 28.8 Å². The maximum atomic E-state index is 10.2. The molecule has 0 aromatic rings. The molecule has 132 valence electrons. The summed E-state index contributed by atoms with van der Waals surface area (Å²) in [6.07, 6.45) is 4.62. The minimum absolute atomic E-state index is 0.0325. The SMILES string of the molecule is O=C=NCCSCC1CSC(CSC(CN=C=O)CN=C=O)CS1. The minimum atomic E-state index is 0.0325. The van der Waals surface area contributed by atoms with Gasteiger partial charge in [0.05, 0.1) is 19.6 Å². The van der Waals surface area contributed by atoms with Crippen LogP contribution in [0.1, 0.15) is 0 Å². The maximum absolute atomic E-state index is 10.2. The lowest BCUT2D eigenvalue weighted by molar-refractivity contribution is 0.561. The fraction of sp³-hybridized carbons (Fsp3) is 0.786. The molecule has 1 aliphatic heterocycles.